The second kappa shape index (κ2) is 9.85. The van der Waals surface area contributed by atoms with Gasteiger partial charge in [0.15, 0.2) is 0 Å². The summed E-state index contributed by atoms with van der Waals surface area (Å²) < 4.78 is 37.8. The van der Waals surface area contributed by atoms with Gasteiger partial charge in [0.2, 0.25) is 0 Å². The first-order chi connectivity index (χ1) is 16.2. The van der Waals surface area contributed by atoms with Crippen molar-refractivity contribution in [3.05, 3.63) is 59.2 Å². The summed E-state index contributed by atoms with van der Waals surface area (Å²) in [5.74, 6) is 0.715. The number of halogens is 3. The van der Waals surface area contributed by atoms with Crippen molar-refractivity contribution in [3.63, 3.8) is 0 Å². The molecule has 178 valence electrons. The summed E-state index contributed by atoms with van der Waals surface area (Å²) in [5.41, 5.74) is 4.47. The van der Waals surface area contributed by atoms with Gasteiger partial charge in [0.05, 0.1) is 12.1 Å². The Morgan fingerprint density at radius 1 is 1.26 bits per heavy atom. The highest BCUT2D eigenvalue weighted by Gasteiger charge is 2.27. The quantitative estimate of drug-likeness (QED) is 0.488. The van der Waals surface area contributed by atoms with E-state index in [9.17, 15) is 13.2 Å². The van der Waals surface area contributed by atoms with Gasteiger partial charge in [-0.2, -0.15) is 18.4 Å². The molecule has 9 heteroatoms. The van der Waals surface area contributed by atoms with Crippen LogP contribution in [0.2, 0.25) is 0 Å². The molecule has 2 aromatic heterocycles. The fourth-order valence-corrected chi connectivity index (χ4v) is 4.37. The minimum atomic E-state index is -4.24. The van der Waals surface area contributed by atoms with Crippen molar-refractivity contribution in [2.24, 2.45) is 0 Å². The average Bonchev–Trinajstić information content (AvgIpc) is 3.24. The Balaban J connectivity index is 1.36. The molecule has 34 heavy (non-hydrogen) atoms. The van der Waals surface area contributed by atoms with Crippen LogP contribution in [0.15, 0.2) is 30.8 Å². The predicted octanol–water partition coefficient (Wildman–Crippen LogP) is 5.35. The fourth-order valence-electron chi connectivity index (χ4n) is 4.37. The molecule has 0 spiro atoms. The Kier molecular flexibility index (Phi) is 6.89. The number of aromatic nitrogens is 3. The van der Waals surface area contributed by atoms with E-state index >= 15 is 0 Å². The highest BCUT2D eigenvalue weighted by Crippen LogP contribution is 2.26. The lowest BCUT2D eigenvalue weighted by molar-refractivity contribution is -0.134. The summed E-state index contributed by atoms with van der Waals surface area (Å²) in [4.78, 5) is 14.0. The Morgan fingerprint density at radius 2 is 2.03 bits per heavy atom. The number of fused-ring (bicyclic) bond motifs is 1. The molecule has 1 saturated heterocycles. The monoisotopic (exact) mass is 468 g/mol. The molecular formula is C25H27F3N6. The molecule has 0 amide bonds. The number of anilines is 1. The maximum Gasteiger partial charge on any atom is 0.389 e. The van der Waals surface area contributed by atoms with Crippen molar-refractivity contribution in [1.29, 1.82) is 5.26 Å². The maximum atomic E-state index is 12.6. The van der Waals surface area contributed by atoms with Gasteiger partial charge in [-0.05, 0) is 49.1 Å². The summed E-state index contributed by atoms with van der Waals surface area (Å²) in [7, 11) is 0. The number of piperidine rings is 1. The second-order valence-corrected chi connectivity index (χ2v) is 8.71. The standard InChI is InChI=1S/C25H27F3N6/c1-3-18-13-24(33-23(31-18)6-9-25(26,27)28)32-19-7-10-34(11-8-19)15-17-4-5-22-21(16(17)2)12-20(14-29)30-22/h3-5,12-13,19,30H,1,6-11,15H2,2H3,(H,31,32,33). The number of hydrogen-bond donors (Lipinski definition) is 2. The summed E-state index contributed by atoms with van der Waals surface area (Å²) in [6.07, 6.45) is -2.12. The zero-order valence-corrected chi connectivity index (χ0v) is 19.0. The SMILES string of the molecule is C=Cc1cc(NC2CCN(Cc3ccc4[nH]c(C#N)cc4c3C)CC2)nc(CCC(F)(F)F)n1. The van der Waals surface area contributed by atoms with E-state index in [4.69, 9.17) is 5.26 Å². The van der Waals surface area contributed by atoms with Crippen LogP contribution in [0.5, 0.6) is 0 Å². The van der Waals surface area contributed by atoms with Gasteiger partial charge in [-0.1, -0.05) is 12.6 Å². The fraction of sp³-hybridized carbons (Fsp3) is 0.400. The summed E-state index contributed by atoms with van der Waals surface area (Å²) in [6, 6.07) is 10.1. The molecule has 3 aromatic rings. The molecule has 4 rings (SSSR count). The van der Waals surface area contributed by atoms with Crippen molar-refractivity contribution >= 4 is 22.8 Å². The lowest BCUT2D eigenvalue weighted by atomic mass is 10.0. The average molecular weight is 469 g/mol. The highest BCUT2D eigenvalue weighted by molar-refractivity contribution is 5.85. The van der Waals surface area contributed by atoms with E-state index in [1.165, 1.54) is 17.2 Å². The van der Waals surface area contributed by atoms with Crippen molar-refractivity contribution in [1.82, 2.24) is 19.9 Å². The summed E-state index contributed by atoms with van der Waals surface area (Å²) in [5, 5.41) is 13.6. The molecular weight excluding hydrogens is 441 g/mol. The lowest BCUT2D eigenvalue weighted by Gasteiger charge is -2.33. The first kappa shape index (κ1) is 23.8. The number of H-pyrrole nitrogens is 1. The van der Waals surface area contributed by atoms with Gasteiger partial charge < -0.3 is 10.3 Å². The number of aryl methyl sites for hydroxylation is 2. The van der Waals surface area contributed by atoms with E-state index in [0.29, 0.717) is 17.2 Å². The van der Waals surface area contributed by atoms with Crippen LogP contribution < -0.4 is 5.32 Å². The Hall–Kier alpha value is -3.38. The van der Waals surface area contributed by atoms with Crippen LogP contribution in [0.25, 0.3) is 17.0 Å². The zero-order valence-electron chi connectivity index (χ0n) is 19.0. The van der Waals surface area contributed by atoms with Gasteiger partial charge in [-0.15, -0.1) is 0 Å². The number of rotatable bonds is 7. The zero-order chi connectivity index (χ0) is 24.3. The predicted molar refractivity (Wildman–Crippen MR) is 126 cm³/mol. The van der Waals surface area contributed by atoms with E-state index in [2.05, 4.69) is 50.8 Å². The van der Waals surface area contributed by atoms with Crippen molar-refractivity contribution in [3.8, 4) is 6.07 Å². The van der Waals surface area contributed by atoms with Crippen LogP contribution in [0.4, 0.5) is 19.0 Å². The van der Waals surface area contributed by atoms with Crippen LogP contribution >= 0.6 is 0 Å². The minimum absolute atomic E-state index is 0.171. The molecule has 0 atom stereocenters. The van der Waals surface area contributed by atoms with E-state index in [1.807, 2.05) is 12.1 Å². The van der Waals surface area contributed by atoms with Gasteiger partial charge in [0.1, 0.15) is 23.4 Å². The number of nitrogens with one attached hydrogen (secondary N) is 2. The molecule has 1 aliphatic rings. The summed E-state index contributed by atoms with van der Waals surface area (Å²) in [6.45, 7) is 8.39. The number of aromatic amines is 1. The molecule has 6 nitrogen and oxygen atoms in total. The molecule has 1 aliphatic heterocycles. The molecule has 3 heterocycles. The first-order valence-corrected chi connectivity index (χ1v) is 11.3. The number of nitriles is 1. The Labute approximate surface area is 196 Å². The van der Waals surface area contributed by atoms with Gasteiger partial charge in [-0.25, -0.2) is 9.97 Å². The molecule has 0 aliphatic carbocycles. The van der Waals surface area contributed by atoms with Crippen LogP contribution in [0.3, 0.4) is 0 Å². The van der Waals surface area contributed by atoms with E-state index < -0.39 is 12.6 Å². The molecule has 1 fully saturated rings. The molecule has 1 aromatic carbocycles. The van der Waals surface area contributed by atoms with Gasteiger partial charge in [0.25, 0.3) is 0 Å². The minimum Gasteiger partial charge on any atom is -0.367 e. The third-order valence-electron chi connectivity index (χ3n) is 6.27. The van der Waals surface area contributed by atoms with Crippen LogP contribution in [0, 0.1) is 18.3 Å². The smallest absolute Gasteiger partial charge is 0.367 e. The van der Waals surface area contributed by atoms with E-state index in [-0.39, 0.29) is 18.3 Å². The lowest BCUT2D eigenvalue weighted by Crippen LogP contribution is -2.39. The number of hydrogen-bond acceptors (Lipinski definition) is 5. The third-order valence-corrected chi connectivity index (χ3v) is 6.27. The van der Waals surface area contributed by atoms with E-state index in [1.54, 1.807) is 6.07 Å². The Morgan fingerprint density at radius 3 is 2.71 bits per heavy atom. The van der Waals surface area contributed by atoms with E-state index in [0.717, 1.165) is 43.4 Å². The first-order valence-electron chi connectivity index (χ1n) is 11.3. The normalized spacial score (nSPS) is 15.4. The number of benzene rings is 1. The third kappa shape index (κ3) is 5.75. The van der Waals surface area contributed by atoms with Gasteiger partial charge in [-0.3, -0.25) is 4.90 Å². The molecule has 0 unspecified atom stereocenters. The van der Waals surface area contributed by atoms with Crippen molar-refractivity contribution in [2.45, 2.75) is 51.4 Å². The van der Waals surface area contributed by atoms with Crippen molar-refractivity contribution < 1.29 is 13.2 Å². The van der Waals surface area contributed by atoms with Crippen molar-refractivity contribution in [2.75, 3.05) is 18.4 Å². The Bertz CT molecular complexity index is 1220. The summed E-state index contributed by atoms with van der Waals surface area (Å²) >= 11 is 0. The number of alkyl halides is 3. The largest absolute Gasteiger partial charge is 0.389 e. The van der Waals surface area contributed by atoms with Crippen LogP contribution in [-0.2, 0) is 13.0 Å². The molecule has 0 radical (unpaired) electrons. The van der Waals surface area contributed by atoms with Gasteiger partial charge in [0, 0.05) is 49.1 Å². The maximum absolute atomic E-state index is 12.6. The highest BCUT2D eigenvalue weighted by atomic mass is 19.4. The van der Waals surface area contributed by atoms with Crippen LogP contribution in [0.1, 0.15) is 47.6 Å². The second-order valence-electron chi connectivity index (χ2n) is 8.71. The molecule has 2 N–H and O–H groups in total. The number of likely N-dealkylation sites (tertiary alicyclic amines) is 1. The number of nitrogens with zero attached hydrogens (tertiary/aromatic N) is 4. The topological polar surface area (TPSA) is 80.6 Å². The molecule has 0 saturated carbocycles. The molecule has 0 bridgehead atoms. The van der Waals surface area contributed by atoms with Gasteiger partial charge >= 0.3 is 6.18 Å². The van der Waals surface area contributed by atoms with Crippen LogP contribution in [-0.4, -0.2) is 45.2 Å².